The van der Waals surface area contributed by atoms with Gasteiger partial charge in [-0.25, -0.2) is 8.42 Å². The summed E-state index contributed by atoms with van der Waals surface area (Å²) in [6.45, 7) is 3.52. The van der Waals surface area contributed by atoms with E-state index in [4.69, 9.17) is 0 Å². The lowest BCUT2D eigenvalue weighted by molar-refractivity contribution is -0.385. The lowest BCUT2D eigenvalue weighted by Crippen LogP contribution is -2.27. The van der Waals surface area contributed by atoms with Gasteiger partial charge in [-0.1, -0.05) is 30.3 Å². The summed E-state index contributed by atoms with van der Waals surface area (Å²) in [5, 5.41) is 11.0. The van der Waals surface area contributed by atoms with Crippen LogP contribution in [0.5, 0.6) is 0 Å². The molecule has 0 heterocycles. The Morgan fingerprint density at radius 2 is 1.74 bits per heavy atom. The number of nitrogens with zero attached hydrogens (tertiary/aromatic N) is 2. The van der Waals surface area contributed by atoms with Crippen LogP contribution >= 0.6 is 0 Å². The van der Waals surface area contributed by atoms with Gasteiger partial charge in [0.15, 0.2) is 0 Å². The highest BCUT2D eigenvalue weighted by atomic mass is 32.2. The van der Waals surface area contributed by atoms with E-state index in [0.29, 0.717) is 11.1 Å². The quantitative estimate of drug-likeness (QED) is 0.622. The first-order valence-corrected chi connectivity index (χ1v) is 8.43. The van der Waals surface area contributed by atoms with Crippen LogP contribution in [0.15, 0.2) is 47.4 Å². The molecule has 0 aromatic heterocycles. The van der Waals surface area contributed by atoms with Crippen molar-refractivity contribution in [3.05, 3.63) is 69.3 Å². The van der Waals surface area contributed by atoms with Crippen molar-refractivity contribution >= 4 is 15.7 Å². The molecule has 0 aliphatic rings. The zero-order valence-corrected chi connectivity index (χ0v) is 14.0. The predicted octanol–water partition coefficient (Wildman–Crippen LogP) is 3.03. The number of aryl methyl sites for hydroxylation is 1. The highest BCUT2D eigenvalue weighted by Gasteiger charge is 2.26. The molecule has 0 spiro atoms. The molecule has 0 unspecified atom stereocenters. The SMILES string of the molecule is Cc1cc([N+](=O)[O-])cc(S(=O)(=O)N(C)Cc2ccccc2)c1C. The molecule has 0 saturated heterocycles. The van der Waals surface area contributed by atoms with Crippen molar-refractivity contribution in [3.63, 3.8) is 0 Å². The monoisotopic (exact) mass is 334 g/mol. The summed E-state index contributed by atoms with van der Waals surface area (Å²) < 4.78 is 26.8. The van der Waals surface area contributed by atoms with Gasteiger partial charge in [-0.3, -0.25) is 10.1 Å². The second-order valence-electron chi connectivity index (χ2n) is 5.39. The Balaban J connectivity index is 2.45. The van der Waals surface area contributed by atoms with E-state index >= 15 is 0 Å². The number of nitro groups is 1. The molecule has 0 fully saturated rings. The number of hydrogen-bond acceptors (Lipinski definition) is 4. The number of nitro benzene ring substituents is 1. The Morgan fingerprint density at radius 1 is 1.13 bits per heavy atom. The minimum atomic E-state index is -3.82. The van der Waals surface area contributed by atoms with Gasteiger partial charge >= 0.3 is 0 Å². The van der Waals surface area contributed by atoms with Crippen LogP contribution in [0.2, 0.25) is 0 Å². The van der Waals surface area contributed by atoms with Crippen molar-refractivity contribution in [3.8, 4) is 0 Å². The summed E-state index contributed by atoms with van der Waals surface area (Å²) in [6, 6.07) is 11.7. The molecule has 2 aromatic carbocycles. The van der Waals surface area contributed by atoms with Gasteiger partial charge < -0.3 is 0 Å². The minimum absolute atomic E-state index is 0.0253. The molecule has 6 nitrogen and oxygen atoms in total. The van der Waals surface area contributed by atoms with Crippen LogP contribution in [0.4, 0.5) is 5.69 Å². The van der Waals surface area contributed by atoms with Gasteiger partial charge in [-0.15, -0.1) is 0 Å². The van der Waals surface area contributed by atoms with Gasteiger partial charge in [-0.05, 0) is 30.5 Å². The van der Waals surface area contributed by atoms with E-state index in [-0.39, 0.29) is 17.1 Å². The molecule has 0 saturated carbocycles. The van der Waals surface area contributed by atoms with Crippen LogP contribution in [0.1, 0.15) is 16.7 Å². The number of hydrogen-bond donors (Lipinski definition) is 0. The summed E-state index contributed by atoms with van der Waals surface area (Å²) >= 11 is 0. The Bertz CT molecular complexity index is 833. The molecule has 0 N–H and O–H groups in total. The third-order valence-electron chi connectivity index (χ3n) is 3.75. The Morgan fingerprint density at radius 3 is 2.30 bits per heavy atom. The van der Waals surface area contributed by atoms with Gasteiger partial charge in [0.1, 0.15) is 0 Å². The summed E-state index contributed by atoms with van der Waals surface area (Å²) in [5.41, 5.74) is 1.72. The van der Waals surface area contributed by atoms with E-state index < -0.39 is 14.9 Å². The molecule has 0 amide bonds. The van der Waals surface area contributed by atoms with Crippen LogP contribution in [0.25, 0.3) is 0 Å². The van der Waals surface area contributed by atoms with E-state index in [2.05, 4.69) is 0 Å². The lowest BCUT2D eigenvalue weighted by atomic mass is 10.1. The van der Waals surface area contributed by atoms with Crippen molar-refractivity contribution < 1.29 is 13.3 Å². The third-order valence-corrected chi connectivity index (χ3v) is 5.68. The van der Waals surface area contributed by atoms with Crippen molar-refractivity contribution in [2.45, 2.75) is 25.3 Å². The van der Waals surface area contributed by atoms with E-state index in [1.54, 1.807) is 13.8 Å². The number of non-ortho nitro benzene ring substituents is 1. The molecule has 7 heteroatoms. The average molecular weight is 334 g/mol. The molecule has 2 aromatic rings. The van der Waals surface area contributed by atoms with Crippen molar-refractivity contribution in [2.24, 2.45) is 0 Å². The van der Waals surface area contributed by atoms with Gasteiger partial charge in [-0.2, -0.15) is 4.31 Å². The first-order valence-electron chi connectivity index (χ1n) is 6.99. The normalized spacial score (nSPS) is 11.7. The fourth-order valence-electron chi connectivity index (χ4n) is 2.28. The Labute approximate surface area is 135 Å². The molecule has 0 aliphatic heterocycles. The maximum absolute atomic E-state index is 12.8. The molecule has 23 heavy (non-hydrogen) atoms. The fraction of sp³-hybridized carbons (Fsp3) is 0.250. The Kier molecular flexibility index (Phi) is 4.82. The van der Waals surface area contributed by atoms with Crippen molar-refractivity contribution in [2.75, 3.05) is 7.05 Å². The standard InChI is InChI=1S/C16H18N2O4S/c1-12-9-15(18(19)20)10-16(13(12)2)23(21,22)17(3)11-14-7-5-4-6-8-14/h4-10H,11H2,1-3H3. The molecular weight excluding hydrogens is 316 g/mol. The minimum Gasteiger partial charge on any atom is -0.258 e. The first-order chi connectivity index (χ1) is 10.7. The van der Waals surface area contributed by atoms with Crippen LogP contribution in [-0.4, -0.2) is 24.7 Å². The van der Waals surface area contributed by atoms with Gasteiger partial charge in [0.25, 0.3) is 5.69 Å². The molecule has 0 aliphatic carbocycles. The zero-order chi connectivity index (χ0) is 17.2. The average Bonchev–Trinajstić information content (AvgIpc) is 2.50. The van der Waals surface area contributed by atoms with Gasteiger partial charge in [0, 0.05) is 25.7 Å². The Hall–Kier alpha value is -2.25. The second kappa shape index (κ2) is 6.47. The summed E-state index contributed by atoms with van der Waals surface area (Å²) in [4.78, 5) is 10.4. The molecule has 2 rings (SSSR count). The van der Waals surface area contributed by atoms with Gasteiger partial charge in [0.2, 0.25) is 10.0 Å². The molecule has 0 atom stereocenters. The number of sulfonamides is 1. The van der Waals surface area contributed by atoms with E-state index in [1.165, 1.54) is 17.4 Å². The molecule has 0 radical (unpaired) electrons. The van der Waals surface area contributed by atoms with E-state index in [1.807, 2.05) is 30.3 Å². The first kappa shape index (κ1) is 17.1. The lowest BCUT2D eigenvalue weighted by Gasteiger charge is -2.19. The van der Waals surface area contributed by atoms with Crippen molar-refractivity contribution in [1.29, 1.82) is 0 Å². The van der Waals surface area contributed by atoms with Crippen LogP contribution in [0.3, 0.4) is 0 Å². The third kappa shape index (κ3) is 3.57. The number of rotatable bonds is 5. The summed E-state index contributed by atoms with van der Waals surface area (Å²) in [6.07, 6.45) is 0. The highest BCUT2D eigenvalue weighted by Crippen LogP contribution is 2.27. The largest absolute Gasteiger partial charge is 0.271 e. The second-order valence-corrected chi connectivity index (χ2v) is 7.40. The topological polar surface area (TPSA) is 80.5 Å². The summed E-state index contributed by atoms with van der Waals surface area (Å²) in [7, 11) is -2.35. The molecule has 122 valence electrons. The maximum Gasteiger partial charge on any atom is 0.271 e. The zero-order valence-electron chi connectivity index (χ0n) is 13.2. The smallest absolute Gasteiger partial charge is 0.258 e. The fourth-order valence-corrected chi connectivity index (χ4v) is 3.75. The summed E-state index contributed by atoms with van der Waals surface area (Å²) in [5.74, 6) is 0. The van der Waals surface area contributed by atoms with E-state index in [9.17, 15) is 18.5 Å². The van der Waals surface area contributed by atoms with Gasteiger partial charge in [0.05, 0.1) is 9.82 Å². The van der Waals surface area contributed by atoms with Crippen LogP contribution in [-0.2, 0) is 16.6 Å². The highest BCUT2D eigenvalue weighted by molar-refractivity contribution is 7.89. The van der Waals surface area contributed by atoms with E-state index in [0.717, 1.165) is 11.6 Å². The molecule has 0 bridgehead atoms. The number of benzene rings is 2. The van der Waals surface area contributed by atoms with Crippen molar-refractivity contribution in [1.82, 2.24) is 4.31 Å². The van der Waals surface area contributed by atoms with Crippen LogP contribution < -0.4 is 0 Å². The van der Waals surface area contributed by atoms with Crippen LogP contribution in [0, 0.1) is 24.0 Å². The molecular formula is C16H18N2O4S. The maximum atomic E-state index is 12.8. The predicted molar refractivity (Wildman–Crippen MR) is 87.7 cm³/mol.